The van der Waals surface area contributed by atoms with Crippen molar-refractivity contribution in [3.63, 3.8) is 0 Å². The molecule has 1 aromatic carbocycles. The molecule has 1 aliphatic rings. The van der Waals surface area contributed by atoms with Crippen LogP contribution in [-0.4, -0.2) is 36.2 Å². The average Bonchev–Trinajstić information content (AvgIpc) is 2.82. The van der Waals surface area contributed by atoms with Crippen LogP contribution in [0.1, 0.15) is 31.9 Å². The summed E-state index contributed by atoms with van der Waals surface area (Å²) < 4.78 is 19.3. The van der Waals surface area contributed by atoms with Crippen LogP contribution in [0, 0.1) is 11.2 Å². The summed E-state index contributed by atoms with van der Waals surface area (Å²) in [5.41, 5.74) is -0.267. The summed E-state index contributed by atoms with van der Waals surface area (Å²) in [6, 6.07) is 4.52. The first-order valence-electron chi connectivity index (χ1n) is 6.69. The molecular weight excluding hydrogens is 261 g/mol. The van der Waals surface area contributed by atoms with Gasteiger partial charge in [-0.05, 0) is 38.9 Å². The lowest BCUT2D eigenvalue weighted by atomic mass is 9.90. The van der Waals surface area contributed by atoms with Crippen LogP contribution in [0.15, 0.2) is 18.2 Å². The summed E-state index contributed by atoms with van der Waals surface area (Å²) in [4.78, 5) is 13.3. The van der Waals surface area contributed by atoms with Crippen molar-refractivity contribution in [2.24, 2.45) is 5.41 Å². The summed E-state index contributed by atoms with van der Waals surface area (Å²) in [7, 11) is 1.51. The molecule has 4 nitrogen and oxygen atoms in total. The van der Waals surface area contributed by atoms with Crippen LogP contribution in [-0.2, 0) is 4.79 Å². The highest BCUT2D eigenvalue weighted by Gasteiger charge is 2.42. The third kappa shape index (κ3) is 2.50. The lowest BCUT2D eigenvalue weighted by Crippen LogP contribution is -2.33. The van der Waals surface area contributed by atoms with Crippen LogP contribution in [0.5, 0.6) is 5.75 Å². The van der Waals surface area contributed by atoms with Gasteiger partial charge in [-0.15, -0.1) is 0 Å². The Morgan fingerprint density at radius 3 is 2.80 bits per heavy atom. The van der Waals surface area contributed by atoms with E-state index in [-0.39, 0.29) is 11.9 Å². The SMILES string of the molecule is COc1cccc(F)c1C(C)N1CCC(C)(C(=O)O)C1. The largest absolute Gasteiger partial charge is 0.496 e. The molecule has 1 saturated heterocycles. The zero-order valence-corrected chi connectivity index (χ0v) is 12.0. The molecule has 20 heavy (non-hydrogen) atoms. The van der Waals surface area contributed by atoms with Gasteiger partial charge in [0.2, 0.25) is 0 Å². The first-order chi connectivity index (χ1) is 9.39. The molecule has 0 bridgehead atoms. The Kier molecular flexibility index (Phi) is 3.99. The number of ether oxygens (including phenoxy) is 1. The second-order valence-electron chi connectivity index (χ2n) is 5.62. The van der Waals surface area contributed by atoms with E-state index in [2.05, 4.69) is 0 Å². The molecule has 0 aliphatic carbocycles. The number of rotatable bonds is 4. The number of benzene rings is 1. The number of carbonyl (C=O) groups is 1. The van der Waals surface area contributed by atoms with E-state index in [9.17, 15) is 14.3 Å². The van der Waals surface area contributed by atoms with Crippen molar-refractivity contribution in [2.45, 2.75) is 26.3 Å². The quantitative estimate of drug-likeness (QED) is 0.922. The molecule has 0 saturated carbocycles. The maximum Gasteiger partial charge on any atom is 0.310 e. The minimum absolute atomic E-state index is 0.215. The fraction of sp³-hybridized carbons (Fsp3) is 0.533. The highest BCUT2D eigenvalue weighted by molar-refractivity contribution is 5.74. The summed E-state index contributed by atoms with van der Waals surface area (Å²) in [5, 5.41) is 9.27. The maximum atomic E-state index is 14.1. The van der Waals surface area contributed by atoms with E-state index in [0.29, 0.717) is 30.8 Å². The van der Waals surface area contributed by atoms with E-state index in [1.807, 2.05) is 11.8 Å². The van der Waals surface area contributed by atoms with Gasteiger partial charge in [0.25, 0.3) is 0 Å². The molecule has 5 heteroatoms. The van der Waals surface area contributed by atoms with Gasteiger partial charge in [-0.1, -0.05) is 6.07 Å². The van der Waals surface area contributed by atoms with E-state index < -0.39 is 11.4 Å². The van der Waals surface area contributed by atoms with Gasteiger partial charge in [0.05, 0.1) is 12.5 Å². The number of methoxy groups -OCH3 is 1. The standard InChI is InChI=1S/C15H20FNO3/c1-10(13-11(16)5-4-6-12(13)20-3)17-8-7-15(2,9-17)14(18)19/h4-6,10H,7-9H2,1-3H3,(H,18,19). The second-order valence-corrected chi connectivity index (χ2v) is 5.62. The van der Waals surface area contributed by atoms with E-state index >= 15 is 0 Å². The Hall–Kier alpha value is -1.62. The van der Waals surface area contributed by atoms with Gasteiger partial charge in [0.1, 0.15) is 11.6 Å². The number of likely N-dealkylation sites (tertiary alicyclic amines) is 1. The number of carboxylic acids is 1. The molecule has 0 radical (unpaired) electrons. The van der Waals surface area contributed by atoms with Crippen molar-refractivity contribution in [3.8, 4) is 5.75 Å². The molecule has 1 aromatic rings. The number of hydrogen-bond acceptors (Lipinski definition) is 3. The minimum atomic E-state index is -0.798. The Morgan fingerprint density at radius 2 is 2.25 bits per heavy atom. The monoisotopic (exact) mass is 281 g/mol. The fourth-order valence-corrected chi connectivity index (χ4v) is 2.79. The zero-order chi connectivity index (χ0) is 14.9. The maximum absolute atomic E-state index is 14.1. The fourth-order valence-electron chi connectivity index (χ4n) is 2.79. The molecule has 2 unspecified atom stereocenters. The molecule has 0 spiro atoms. The lowest BCUT2D eigenvalue weighted by molar-refractivity contribution is -0.147. The number of aliphatic carboxylic acids is 1. The molecule has 2 atom stereocenters. The van der Waals surface area contributed by atoms with Crippen molar-refractivity contribution in [2.75, 3.05) is 20.2 Å². The number of nitrogens with zero attached hydrogens (tertiary/aromatic N) is 1. The topological polar surface area (TPSA) is 49.8 Å². The number of halogens is 1. The van der Waals surface area contributed by atoms with Gasteiger partial charge in [0.15, 0.2) is 0 Å². The van der Waals surface area contributed by atoms with Crippen molar-refractivity contribution in [1.29, 1.82) is 0 Å². The molecule has 1 N–H and O–H groups in total. The number of hydrogen-bond donors (Lipinski definition) is 1. The van der Waals surface area contributed by atoms with Crippen LogP contribution in [0.25, 0.3) is 0 Å². The van der Waals surface area contributed by atoms with Crippen molar-refractivity contribution in [3.05, 3.63) is 29.6 Å². The summed E-state index contributed by atoms with van der Waals surface area (Å²) in [6.45, 7) is 4.68. The summed E-state index contributed by atoms with van der Waals surface area (Å²) in [6.07, 6.45) is 0.573. The predicted molar refractivity (Wildman–Crippen MR) is 73.3 cm³/mol. The van der Waals surface area contributed by atoms with Gasteiger partial charge in [-0.3, -0.25) is 9.69 Å². The highest BCUT2D eigenvalue weighted by Crippen LogP contribution is 2.38. The molecular formula is C15H20FNO3. The van der Waals surface area contributed by atoms with Crippen molar-refractivity contribution in [1.82, 2.24) is 4.90 Å². The third-order valence-corrected chi connectivity index (χ3v) is 4.22. The number of carboxylic acid groups (broad SMARTS) is 1. The third-order valence-electron chi connectivity index (χ3n) is 4.22. The Bertz CT molecular complexity index is 520. The second kappa shape index (κ2) is 5.40. The van der Waals surface area contributed by atoms with E-state index in [1.165, 1.54) is 13.2 Å². The molecule has 1 aliphatic heterocycles. The Balaban J connectivity index is 2.26. The first kappa shape index (κ1) is 14.8. The zero-order valence-electron chi connectivity index (χ0n) is 12.0. The van der Waals surface area contributed by atoms with E-state index in [4.69, 9.17) is 4.74 Å². The van der Waals surface area contributed by atoms with Crippen LogP contribution in [0.3, 0.4) is 0 Å². The Morgan fingerprint density at radius 1 is 1.55 bits per heavy atom. The normalized spacial score (nSPS) is 24.6. The van der Waals surface area contributed by atoms with Crippen molar-refractivity contribution >= 4 is 5.97 Å². The minimum Gasteiger partial charge on any atom is -0.496 e. The van der Waals surface area contributed by atoms with Crippen LogP contribution < -0.4 is 4.74 Å². The van der Waals surface area contributed by atoms with Crippen LogP contribution in [0.4, 0.5) is 4.39 Å². The lowest BCUT2D eigenvalue weighted by Gasteiger charge is -2.27. The van der Waals surface area contributed by atoms with Crippen LogP contribution in [0.2, 0.25) is 0 Å². The smallest absolute Gasteiger partial charge is 0.310 e. The summed E-state index contributed by atoms with van der Waals surface area (Å²) in [5.74, 6) is -0.616. The molecule has 1 fully saturated rings. The molecule has 0 amide bonds. The van der Waals surface area contributed by atoms with Crippen LogP contribution >= 0.6 is 0 Å². The van der Waals surface area contributed by atoms with Gasteiger partial charge in [-0.2, -0.15) is 0 Å². The average molecular weight is 281 g/mol. The van der Waals surface area contributed by atoms with Gasteiger partial charge >= 0.3 is 5.97 Å². The van der Waals surface area contributed by atoms with Crippen molar-refractivity contribution < 1.29 is 19.0 Å². The molecule has 1 heterocycles. The van der Waals surface area contributed by atoms with Gasteiger partial charge < -0.3 is 9.84 Å². The predicted octanol–water partition coefficient (Wildman–Crippen LogP) is 2.69. The molecule has 0 aromatic heterocycles. The van der Waals surface area contributed by atoms with Gasteiger partial charge in [0, 0.05) is 18.2 Å². The molecule has 110 valence electrons. The van der Waals surface area contributed by atoms with E-state index in [0.717, 1.165) is 0 Å². The highest BCUT2D eigenvalue weighted by atomic mass is 19.1. The first-order valence-corrected chi connectivity index (χ1v) is 6.69. The Labute approximate surface area is 118 Å². The van der Waals surface area contributed by atoms with E-state index in [1.54, 1.807) is 19.1 Å². The van der Waals surface area contributed by atoms with Gasteiger partial charge in [-0.25, -0.2) is 4.39 Å². The molecule has 2 rings (SSSR count). The summed E-state index contributed by atoms with van der Waals surface area (Å²) >= 11 is 0.